The van der Waals surface area contributed by atoms with Crippen molar-refractivity contribution in [2.45, 2.75) is 26.4 Å². The van der Waals surface area contributed by atoms with Crippen molar-refractivity contribution < 1.29 is 4.79 Å². The normalized spacial score (nSPS) is 19.8. The van der Waals surface area contributed by atoms with Crippen LogP contribution in [0.5, 0.6) is 0 Å². The van der Waals surface area contributed by atoms with Crippen LogP contribution in [0.3, 0.4) is 0 Å². The summed E-state index contributed by atoms with van der Waals surface area (Å²) in [6.07, 6.45) is 13.5. The van der Waals surface area contributed by atoms with E-state index >= 15 is 0 Å². The molecule has 1 heterocycles. The largest absolute Gasteiger partial charge is 0.327 e. The van der Waals surface area contributed by atoms with Crippen molar-refractivity contribution >= 4 is 35.7 Å². The minimum Gasteiger partial charge on any atom is -0.327 e. The van der Waals surface area contributed by atoms with Gasteiger partial charge in [-0.05, 0) is 49.1 Å². The van der Waals surface area contributed by atoms with E-state index in [2.05, 4.69) is 36.5 Å². The van der Waals surface area contributed by atoms with Crippen LogP contribution in [0, 0.1) is 19.3 Å². The molecule has 0 saturated heterocycles. The van der Waals surface area contributed by atoms with Gasteiger partial charge in [0.2, 0.25) is 0 Å². The number of hydrogen-bond acceptors (Lipinski definition) is 3. The highest BCUT2D eigenvalue weighted by atomic mass is 35.5. The molecule has 1 atom stereocenters. The van der Waals surface area contributed by atoms with Crippen LogP contribution in [0.25, 0.3) is 5.57 Å². The van der Waals surface area contributed by atoms with Crippen molar-refractivity contribution in [2.75, 3.05) is 0 Å². The summed E-state index contributed by atoms with van der Waals surface area (Å²) >= 11 is 11.0. The van der Waals surface area contributed by atoms with E-state index in [0.717, 1.165) is 28.0 Å². The second-order valence-electron chi connectivity index (χ2n) is 6.60. The van der Waals surface area contributed by atoms with Crippen molar-refractivity contribution in [2.24, 2.45) is 0 Å². The summed E-state index contributed by atoms with van der Waals surface area (Å²) in [5, 5.41) is 4.15. The summed E-state index contributed by atoms with van der Waals surface area (Å²) < 4.78 is 0. The Kier molecular flexibility index (Phi) is 5.88. The van der Waals surface area contributed by atoms with E-state index in [1.54, 1.807) is 6.08 Å². The fraction of sp³-hybridized carbons (Fsp3) is 0.174. The molecule has 1 aliphatic carbocycles. The number of aryl methyl sites for hydroxylation is 1. The highest BCUT2D eigenvalue weighted by Gasteiger charge is 2.35. The Morgan fingerprint density at radius 2 is 2.21 bits per heavy atom. The molecule has 5 heteroatoms. The highest BCUT2D eigenvalue weighted by molar-refractivity contribution is 7.84. The van der Waals surface area contributed by atoms with Crippen molar-refractivity contribution in [1.29, 1.82) is 0 Å². The Morgan fingerprint density at radius 1 is 1.46 bits per heavy atom. The van der Waals surface area contributed by atoms with Crippen LogP contribution in [-0.2, 0) is 4.79 Å². The number of halogens is 1. The zero-order valence-corrected chi connectivity index (χ0v) is 17.4. The van der Waals surface area contributed by atoms with Gasteiger partial charge >= 0.3 is 0 Å². The fourth-order valence-corrected chi connectivity index (χ4v) is 4.06. The molecular formula is C23H21ClN2OS. The van der Waals surface area contributed by atoms with Gasteiger partial charge in [0.1, 0.15) is 11.7 Å². The second-order valence-corrected chi connectivity index (χ2v) is 7.43. The maximum Gasteiger partial charge on any atom is 0.264 e. The average Bonchev–Trinajstić information content (AvgIpc) is 3.16. The molecule has 1 aromatic rings. The molecule has 3 rings (SSSR count). The van der Waals surface area contributed by atoms with Crippen molar-refractivity contribution in [3.63, 3.8) is 0 Å². The maximum atomic E-state index is 12.5. The summed E-state index contributed by atoms with van der Waals surface area (Å²) in [6.45, 7) is 7.81. The Hall–Kier alpha value is -2.61. The number of terminal acetylenes is 1. The van der Waals surface area contributed by atoms with Crippen molar-refractivity contribution in [3.05, 3.63) is 87.1 Å². The zero-order valence-electron chi connectivity index (χ0n) is 15.8. The summed E-state index contributed by atoms with van der Waals surface area (Å²) in [6, 6.07) is 5.97. The first kappa shape index (κ1) is 20.1. The van der Waals surface area contributed by atoms with Gasteiger partial charge in [0.25, 0.3) is 5.91 Å². The number of thiol groups is 1. The van der Waals surface area contributed by atoms with Gasteiger partial charge in [0.05, 0.1) is 5.03 Å². The Balaban J connectivity index is 1.96. The maximum absolute atomic E-state index is 12.5. The van der Waals surface area contributed by atoms with E-state index in [1.807, 2.05) is 49.1 Å². The lowest BCUT2D eigenvalue weighted by molar-refractivity contribution is -0.119. The third kappa shape index (κ3) is 3.56. The summed E-state index contributed by atoms with van der Waals surface area (Å²) in [5.41, 5.74) is 5.28. The predicted octanol–water partition coefficient (Wildman–Crippen LogP) is 4.98. The van der Waals surface area contributed by atoms with Gasteiger partial charge in [-0.15, -0.1) is 19.1 Å². The first-order chi connectivity index (χ1) is 13.4. The third-order valence-corrected chi connectivity index (χ3v) is 5.61. The van der Waals surface area contributed by atoms with Gasteiger partial charge in [-0.25, -0.2) is 0 Å². The molecule has 1 N–H and O–H groups in total. The molecule has 1 aromatic carbocycles. The average molecular weight is 409 g/mol. The van der Waals surface area contributed by atoms with Gasteiger partial charge in [-0.1, -0.05) is 60.0 Å². The minimum absolute atomic E-state index is 0.203. The van der Waals surface area contributed by atoms with E-state index in [4.69, 9.17) is 18.0 Å². The number of rotatable bonds is 4. The van der Waals surface area contributed by atoms with Crippen LogP contribution in [0.2, 0.25) is 5.02 Å². The van der Waals surface area contributed by atoms with Gasteiger partial charge in [-0.2, -0.15) is 0 Å². The molecule has 0 spiro atoms. The second kappa shape index (κ2) is 8.18. The van der Waals surface area contributed by atoms with Crippen molar-refractivity contribution in [1.82, 2.24) is 10.2 Å². The third-order valence-electron chi connectivity index (χ3n) is 4.84. The number of nitrogens with zero attached hydrogens (tertiary/aromatic N) is 1. The van der Waals surface area contributed by atoms with Gasteiger partial charge in [-0.3, -0.25) is 4.79 Å². The number of amides is 1. The quantitative estimate of drug-likeness (QED) is 0.418. The summed E-state index contributed by atoms with van der Waals surface area (Å²) in [5.74, 6) is 2.12. The van der Waals surface area contributed by atoms with Gasteiger partial charge in [0.15, 0.2) is 0 Å². The van der Waals surface area contributed by atoms with Gasteiger partial charge < -0.3 is 10.2 Å². The van der Waals surface area contributed by atoms with Gasteiger partial charge in [0, 0.05) is 10.7 Å². The highest BCUT2D eigenvalue weighted by Crippen LogP contribution is 2.38. The topological polar surface area (TPSA) is 32.3 Å². The fourth-order valence-electron chi connectivity index (χ4n) is 3.42. The molecule has 0 radical (unpaired) electrons. The standard InChI is InChI=1S/C23H21ClN2OS/c1-5-17(6-2)26-21(25-22(27)18(7-3)23(26)28)16-10-9-15(13-16)19-12-14(4)8-11-20(19)24/h3,5-6,8-12,21,28H,1,13H2,2,4H3,(H,25,27)/b17-6+. The number of allylic oxidation sites excluding steroid dienone is 5. The molecule has 1 unspecified atom stereocenters. The molecule has 0 fully saturated rings. The minimum atomic E-state index is -0.404. The molecule has 2 aliphatic rings. The van der Waals surface area contributed by atoms with Crippen LogP contribution in [0.15, 0.2) is 71.0 Å². The molecule has 28 heavy (non-hydrogen) atoms. The van der Waals surface area contributed by atoms with Crippen LogP contribution in [0.1, 0.15) is 24.5 Å². The van der Waals surface area contributed by atoms with E-state index in [1.165, 1.54) is 0 Å². The monoisotopic (exact) mass is 408 g/mol. The SMILES string of the molecule is C#CC1=C(S)N(/C(C=C)=C/C)C(C2=CC=C(c3cc(C)ccc3Cl)C2)NC1=O. The summed E-state index contributed by atoms with van der Waals surface area (Å²) in [7, 11) is 0. The van der Waals surface area contributed by atoms with Crippen LogP contribution in [0.4, 0.5) is 0 Å². The first-order valence-electron chi connectivity index (χ1n) is 8.86. The van der Waals surface area contributed by atoms with E-state index in [0.29, 0.717) is 16.5 Å². The molecule has 3 nitrogen and oxygen atoms in total. The predicted molar refractivity (Wildman–Crippen MR) is 119 cm³/mol. The van der Waals surface area contributed by atoms with Crippen molar-refractivity contribution in [3.8, 4) is 12.3 Å². The number of benzene rings is 1. The van der Waals surface area contributed by atoms with Crippen LogP contribution < -0.4 is 5.32 Å². The zero-order chi connectivity index (χ0) is 20.4. The first-order valence-corrected chi connectivity index (χ1v) is 9.68. The van der Waals surface area contributed by atoms with E-state index in [-0.39, 0.29) is 11.5 Å². The Morgan fingerprint density at radius 3 is 2.86 bits per heavy atom. The van der Waals surface area contributed by atoms with E-state index < -0.39 is 6.17 Å². The van der Waals surface area contributed by atoms with Crippen LogP contribution in [-0.4, -0.2) is 17.0 Å². The molecule has 1 amide bonds. The number of nitrogens with one attached hydrogen (secondary N) is 1. The number of hydrogen-bond donors (Lipinski definition) is 2. The molecule has 0 aromatic heterocycles. The molecule has 142 valence electrons. The Labute approximate surface area is 176 Å². The molecule has 0 bridgehead atoms. The van der Waals surface area contributed by atoms with Crippen LogP contribution >= 0.6 is 24.2 Å². The number of carbonyl (C=O) groups is 1. The molecule has 0 saturated carbocycles. The Bertz CT molecular complexity index is 1020. The lowest BCUT2D eigenvalue weighted by Crippen LogP contribution is -2.52. The smallest absolute Gasteiger partial charge is 0.264 e. The molecular weight excluding hydrogens is 388 g/mol. The molecule has 1 aliphatic heterocycles. The lowest BCUT2D eigenvalue weighted by atomic mass is 9.98. The number of carbonyl (C=O) groups excluding carboxylic acids is 1. The van der Waals surface area contributed by atoms with E-state index in [9.17, 15) is 4.79 Å². The summed E-state index contributed by atoms with van der Waals surface area (Å²) in [4.78, 5) is 14.4. The lowest BCUT2D eigenvalue weighted by Gasteiger charge is -2.39.